The van der Waals surface area contributed by atoms with Gasteiger partial charge in [0.25, 0.3) is 5.91 Å². The standard InChI is InChI=1S/C66H90F3N13O8S/c1-41-58(91-40-75-41)42-8-9-43(31-72-60(86)52-28-47(83)35-82(52)61(87)59(63(2,3)4)76-62(88)66(69)10-11-66)53(27-42)89-23-17-71-57(85)37-90-48-24-44-32-79(33-45(44)25-48)18-7-16-70-54-30-55(74-39-73-54)80-21-14-65(15-22-80)38-81(36-56(84)77-65)51-29-49(67)46(26-50(51)68)34-78-19-12-64(5,6)13-20-78/h8-9,26-27,29-30,39-40,44-45,47-48,52,59,83H,7,10-25,28,31-38H2,1-6H3,(H,71,85)(H,72,86)(H,76,88)(H,77,84)(H,70,73,74)/t44-,45+,47-,48-,52+,59-/m1/s1. The number of benzene rings is 2. The number of aliphatic hydroxyl groups excluding tert-OH is 1. The number of nitrogens with zero attached hydrogens (tertiary/aromatic N) is 8. The second-order valence-electron chi connectivity index (χ2n) is 28.4. The first-order valence-electron chi connectivity index (χ1n) is 32.5. The molecule has 0 radical (unpaired) electrons. The number of fused-ring (bicyclic) bond motifs is 1. The van der Waals surface area contributed by atoms with Gasteiger partial charge in [-0.1, -0.05) is 46.8 Å². The lowest BCUT2D eigenvalue weighted by Crippen LogP contribution is -2.66. The number of piperidine rings is 2. The number of aryl methyl sites for hydroxylation is 1. The van der Waals surface area contributed by atoms with Gasteiger partial charge in [0.15, 0.2) is 5.67 Å². The summed E-state index contributed by atoms with van der Waals surface area (Å²) in [6, 6.07) is 8.02. The quantitative estimate of drug-likeness (QED) is 0.0459. The molecule has 5 amide bonds. The highest BCUT2D eigenvalue weighted by Crippen LogP contribution is 2.42. The van der Waals surface area contributed by atoms with Gasteiger partial charge in [0.2, 0.25) is 23.6 Å². The minimum atomic E-state index is -1.99. The Hall–Kier alpha value is -6.67. The van der Waals surface area contributed by atoms with Crippen molar-refractivity contribution >= 4 is 58.2 Å². The van der Waals surface area contributed by atoms with Gasteiger partial charge in [-0.15, -0.1) is 11.3 Å². The highest BCUT2D eigenvalue weighted by atomic mass is 32.1. The number of aromatic nitrogens is 3. The van der Waals surface area contributed by atoms with E-state index in [2.05, 4.69) is 70.1 Å². The molecule has 11 rings (SSSR count). The number of β-amino-alcohol motifs (C(OH)–C–C–N with tert-alkyl or cyclic N) is 1. The molecule has 7 fully saturated rings. The molecule has 2 aromatic carbocycles. The first-order valence-corrected chi connectivity index (χ1v) is 33.4. The molecular formula is C66H90F3N13O8S. The maximum atomic E-state index is 15.8. The smallest absolute Gasteiger partial charge is 0.258 e. The molecule has 2 aromatic heterocycles. The van der Waals surface area contributed by atoms with Crippen LogP contribution in [0.25, 0.3) is 10.4 Å². The Morgan fingerprint density at radius 3 is 2.31 bits per heavy atom. The zero-order chi connectivity index (χ0) is 64.4. The summed E-state index contributed by atoms with van der Waals surface area (Å²) < 4.78 is 58.5. The number of likely N-dealkylation sites (tertiary alicyclic amines) is 3. The summed E-state index contributed by atoms with van der Waals surface area (Å²) in [7, 11) is 0. The van der Waals surface area contributed by atoms with Crippen molar-refractivity contribution in [3.8, 4) is 16.2 Å². The van der Waals surface area contributed by atoms with E-state index in [-0.39, 0.29) is 87.7 Å². The van der Waals surface area contributed by atoms with Crippen LogP contribution in [0.4, 0.5) is 30.5 Å². The normalized spacial score (nSPS) is 24.0. The van der Waals surface area contributed by atoms with E-state index in [9.17, 15) is 33.5 Å². The molecule has 5 saturated heterocycles. The van der Waals surface area contributed by atoms with Crippen molar-refractivity contribution in [2.24, 2.45) is 22.7 Å². The highest BCUT2D eigenvalue weighted by molar-refractivity contribution is 7.13. The Balaban J connectivity index is 0.582. The predicted molar refractivity (Wildman–Crippen MR) is 340 cm³/mol. The first kappa shape index (κ1) is 65.8. The van der Waals surface area contributed by atoms with Crippen LogP contribution in [0.1, 0.15) is 116 Å². The molecule has 2 aliphatic carbocycles. The van der Waals surface area contributed by atoms with Gasteiger partial charge in [-0.25, -0.2) is 28.1 Å². The van der Waals surface area contributed by atoms with Crippen LogP contribution in [0, 0.1) is 41.2 Å². The third kappa shape index (κ3) is 16.0. The summed E-state index contributed by atoms with van der Waals surface area (Å²) in [5, 5.41) is 25.8. The lowest BCUT2D eigenvalue weighted by atomic mass is 9.82. The number of hydrogen-bond acceptors (Lipinski definition) is 17. The summed E-state index contributed by atoms with van der Waals surface area (Å²) in [5.74, 6) is -0.310. The molecule has 6 N–H and O–H groups in total. The SMILES string of the molecule is Cc1ncsc1-c1ccc(CNC(=O)[C@@H]2C[C@@H](O)CN2C(=O)[C@@H](NC(=O)C2(F)CC2)C(C)(C)C)c(OCCNC(=O)CO[C@@H]2C[C@@H]3CN(CCCNc4cc(N5CCC6(CC5)CN(c5cc(F)c(CN7CCC(C)(C)CC7)cc5F)CC(=O)N6)ncn4)C[C@@H]3C2)c1. The molecular weight excluding hydrogens is 1190 g/mol. The third-order valence-electron chi connectivity index (χ3n) is 19.7. The number of carbonyl (C=O) groups excluding carboxylic acids is 5. The Labute approximate surface area is 535 Å². The van der Waals surface area contributed by atoms with Crippen molar-refractivity contribution in [1.29, 1.82) is 0 Å². The molecule has 2 saturated carbocycles. The molecule has 1 spiro atoms. The van der Waals surface area contributed by atoms with Crippen molar-refractivity contribution in [1.82, 2.24) is 50.9 Å². The maximum absolute atomic E-state index is 15.8. The third-order valence-corrected chi connectivity index (χ3v) is 20.7. The van der Waals surface area contributed by atoms with Gasteiger partial charge in [0.1, 0.15) is 60.6 Å². The molecule has 4 aromatic rings. The summed E-state index contributed by atoms with van der Waals surface area (Å²) in [6.07, 6.45) is 6.75. The molecule has 494 valence electrons. The summed E-state index contributed by atoms with van der Waals surface area (Å²) in [4.78, 5) is 91.1. The van der Waals surface area contributed by atoms with Crippen LogP contribution < -0.4 is 41.1 Å². The molecule has 21 nitrogen and oxygen atoms in total. The van der Waals surface area contributed by atoms with Crippen LogP contribution in [0.5, 0.6) is 5.75 Å². The van der Waals surface area contributed by atoms with Gasteiger partial charge in [-0.2, -0.15) is 0 Å². The summed E-state index contributed by atoms with van der Waals surface area (Å²) in [6.45, 7) is 19.1. The predicted octanol–water partition coefficient (Wildman–Crippen LogP) is 6.12. The Morgan fingerprint density at radius 2 is 1.60 bits per heavy atom. The van der Waals surface area contributed by atoms with Gasteiger partial charge in [0.05, 0.1) is 52.6 Å². The number of carbonyl (C=O) groups is 5. The van der Waals surface area contributed by atoms with Crippen molar-refractivity contribution < 1.29 is 51.7 Å². The summed E-state index contributed by atoms with van der Waals surface area (Å²) >= 11 is 1.49. The lowest BCUT2D eigenvalue weighted by Gasteiger charge is -2.48. The fraction of sp³-hybridized carbons (Fsp3) is 0.636. The minimum Gasteiger partial charge on any atom is -0.491 e. The van der Waals surface area contributed by atoms with Crippen LogP contribution in [0.2, 0.25) is 0 Å². The molecule has 7 aliphatic rings. The maximum Gasteiger partial charge on any atom is 0.258 e. The van der Waals surface area contributed by atoms with E-state index in [0.717, 1.165) is 99.1 Å². The second kappa shape index (κ2) is 27.5. The van der Waals surface area contributed by atoms with Crippen molar-refractivity contribution in [3.63, 3.8) is 0 Å². The molecule has 91 heavy (non-hydrogen) atoms. The van der Waals surface area contributed by atoms with Crippen molar-refractivity contribution in [2.75, 3.05) is 107 Å². The average Bonchev–Trinajstić information content (AvgIpc) is 1.42. The van der Waals surface area contributed by atoms with E-state index in [1.165, 1.54) is 28.4 Å². The molecule has 0 bridgehead atoms. The summed E-state index contributed by atoms with van der Waals surface area (Å²) in [5.41, 5.74) is 1.47. The zero-order valence-electron chi connectivity index (χ0n) is 53.4. The van der Waals surface area contributed by atoms with Crippen LogP contribution in [0.15, 0.2) is 48.2 Å². The van der Waals surface area contributed by atoms with Gasteiger partial charge < -0.3 is 60.8 Å². The fourth-order valence-electron chi connectivity index (χ4n) is 14.1. The number of alkyl halides is 1. The number of hydrogen-bond donors (Lipinski definition) is 6. The van der Waals surface area contributed by atoms with E-state index < -0.39 is 64.2 Å². The van der Waals surface area contributed by atoms with Crippen LogP contribution in [-0.4, -0.2) is 192 Å². The first-order chi connectivity index (χ1) is 43.4. The lowest BCUT2D eigenvalue weighted by molar-refractivity contribution is -0.145. The van der Waals surface area contributed by atoms with E-state index in [4.69, 9.17) is 9.47 Å². The molecule has 7 heterocycles. The van der Waals surface area contributed by atoms with Crippen LogP contribution >= 0.6 is 11.3 Å². The number of aliphatic hydroxyl groups is 1. The number of piperazine rings is 1. The monoisotopic (exact) mass is 1280 g/mol. The molecule has 5 aliphatic heterocycles. The largest absolute Gasteiger partial charge is 0.491 e. The number of amides is 5. The second-order valence-corrected chi connectivity index (χ2v) is 29.2. The van der Waals surface area contributed by atoms with E-state index >= 15 is 8.78 Å². The number of nitrogens with one attached hydrogen (secondary N) is 5. The average molecular weight is 1280 g/mol. The number of halogens is 3. The molecule has 25 heteroatoms. The zero-order valence-corrected chi connectivity index (χ0v) is 54.2. The molecule has 0 unspecified atom stereocenters. The van der Waals surface area contributed by atoms with E-state index in [1.807, 2.05) is 31.2 Å². The van der Waals surface area contributed by atoms with Gasteiger partial charge in [-0.05, 0) is 125 Å². The van der Waals surface area contributed by atoms with E-state index in [1.54, 1.807) is 37.5 Å². The van der Waals surface area contributed by atoms with Crippen LogP contribution in [0.3, 0.4) is 0 Å². The topological polar surface area (TPSA) is 239 Å². The number of rotatable bonds is 23. The minimum absolute atomic E-state index is 0.000809. The van der Waals surface area contributed by atoms with Gasteiger partial charge in [-0.3, -0.25) is 28.9 Å². The number of anilines is 3. The van der Waals surface area contributed by atoms with Gasteiger partial charge >= 0.3 is 0 Å². The Bertz CT molecular complexity index is 3280. The Morgan fingerprint density at radius 1 is 0.857 bits per heavy atom. The number of ether oxygens (including phenoxy) is 2. The Kier molecular flexibility index (Phi) is 19.9. The van der Waals surface area contributed by atoms with Crippen LogP contribution in [-0.2, 0) is 41.8 Å². The fourth-order valence-corrected chi connectivity index (χ4v) is 14.9. The van der Waals surface area contributed by atoms with Crippen molar-refractivity contribution in [3.05, 3.63) is 76.7 Å². The van der Waals surface area contributed by atoms with Crippen molar-refractivity contribution in [2.45, 2.75) is 154 Å². The number of thiazole rings is 1. The highest BCUT2D eigenvalue weighted by Gasteiger charge is 2.54. The molecule has 6 atom stereocenters. The van der Waals surface area contributed by atoms with Gasteiger partial charge in [0, 0.05) is 88.6 Å². The van der Waals surface area contributed by atoms with E-state index in [0.29, 0.717) is 67.7 Å².